The van der Waals surface area contributed by atoms with E-state index in [1.165, 1.54) is 19.3 Å². The zero-order valence-corrected chi connectivity index (χ0v) is 14.4. The number of unbranched alkanes of at least 4 members (excludes halogenated alkanes) is 1. The molecule has 0 aliphatic rings. The van der Waals surface area contributed by atoms with Crippen LogP contribution >= 0.6 is 0 Å². The van der Waals surface area contributed by atoms with E-state index in [1.807, 2.05) is 12.1 Å². The van der Waals surface area contributed by atoms with Gasteiger partial charge in [-0.15, -0.1) is 0 Å². The highest BCUT2D eigenvalue weighted by molar-refractivity contribution is 5.79. The van der Waals surface area contributed by atoms with Gasteiger partial charge in [0.1, 0.15) is 0 Å². The standard InChI is InChI=1S/C17H30N4O/c1-5-18-17(19-11-7-6-8-14(2)3)21-13-15-9-10-16(22-4)20-12-15/h9-10,12,14H,5-8,11,13H2,1-4H3,(H2,18,19,21). The minimum Gasteiger partial charge on any atom is -0.481 e. The van der Waals surface area contributed by atoms with Crippen molar-refractivity contribution in [2.45, 2.75) is 46.6 Å². The average Bonchev–Trinajstić information content (AvgIpc) is 2.52. The fourth-order valence-electron chi connectivity index (χ4n) is 2.02. The van der Waals surface area contributed by atoms with Crippen molar-refractivity contribution in [1.82, 2.24) is 15.6 Å². The Balaban J connectivity index is 2.40. The lowest BCUT2D eigenvalue weighted by Gasteiger charge is -2.11. The van der Waals surface area contributed by atoms with Crippen molar-refractivity contribution in [1.29, 1.82) is 0 Å². The molecule has 0 aliphatic carbocycles. The van der Waals surface area contributed by atoms with Gasteiger partial charge in [0.05, 0.1) is 13.7 Å². The van der Waals surface area contributed by atoms with E-state index in [-0.39, 0.29) is 0 Å². The molecular formula is C17H30N4O. The number of nitrogens with one attached hydrogen (secondary N) is 2. The van der Waals surface area contributed by atoms with Gasteiger partial charge in [-0.25, -0.2) is 9.98 Å². The highest BCUT2D eigenvalue weighted by Gasteiger charge is 1.99. The maximum atomic E-state index is 5.05. The molecule has 5 heteroatoms. The number of pyridine rings is 1. The topological polar surface area (TPSA) is 58.5 Å². The Morgan fingerprint density at radius 1 is 1.27 bits per heavy atom. The Hall–Kier alpha value is -1.78. The van der Waals surface area contributed by atoms with Crippen LogP contribution in [0.25, 0.3) is 0 Å². The van der Waals surface area contributed by atoms with E-state index in [2.05, 4.69) is 41.4 Å². The Labute approximate surface area is 134 Å². The van der Waals surface area contributed by atoms with Gasteiger partial charge in [0.2, 0.25) is 5.88 Å². The van der Waals surface area contributed by atoms with Gasteiger partial charge in [-0.3, -0.25) is 0 Å². The van der Waals surface area contributed by atoms with Gasteiger partial charge in [-0.05, 0) is 24.8 Å². The predicted octanol–water partition coefficient (Wildman–Crippen LogP) is 2.97. The second-order valence-corrected chi connectivity index (χ2v) is 5.72. The minimum absolute atomic E-state index is 0.609. The average molecular weight is 306 g/mol. The number of nitrogens with zero attached hydrogens (tertiary/aromatic N) is 2. The maximum Gasteiger partial charge on any atom is 0.212 e. The Bertz CT molecular complexity index is 429. The van der Waals surface area contributed by atoms with Crippen LogP contribution in [0.1, 0.15) is 45.6 Å². The monoisotopic (exact) mass is 306 g/mol. The molecule has 0 fully saturated rings. The van der Waals surface area contributed by atoms with Crippen LogP contribution in [0.4, 0.5) is 0 Å². The summed E-state index contributed by atoms with van der Waals surface area (Å²) < 4.78 is 5.05. The molecule has 2 N–H and O–H groups in total. The summed E-state index contributed by atoms with van der Waals surface area (Å²) in [5.41, 5.74) is 1.07. The number of hydrogen-bond donors (Lipinski definition) is 2. The number of hydrogen-bond acceptors (Lipinski definition) is 3. The first-order chi connectivity index (χ1) is 10.7. The van der Waals surface area contributed by atoms with Crippen LogP contribution in [0, 0.1) is 5.92 Å². The normalized spacial score (nSPS) is 11.6. The van der Waals surface area contributed by atoms with E-state index in [4.69, 9.17) is 4.74 Å². The molecule has 0 bridgehead atoms. The Morgan fingerprint density at radius 3 is 2.68 bits per heavy atom. The number of aromatic nitrogens is 1. The van der Waals surface area contributed by atoms with E-state index in [0.29, 0.717) is 12.4 Å². The van der Waals surface area contributed by atoms with Gasteiger partial charge in [-0.2, -0.15) is 0 Å². The van der Waals surface area contributed by atoms with Crippen LogP contribution < -0.4 is 15.4 Å². The van der Waals surface area contributed by atoms with Crippen molar-refractivity contribution >= 4 is 5.96 Å². The predicted molar refractivity (Wildman–Crippen MR) is 92.3 cm³/mol. The fourth-order valence-corrected chi connectivity index (χ4v) is 2.02. The van der Waals surface area contributed by atoms with Gasteiger partial charge in [0, 0.05) is 25.4 Å². The zero-order valence-electron chi connectivity index (χ0n) is 14.4. The van der Waals surface area contributed by atoms with Gasteiger partial charge < -0.3 is 15.4 Å². The lowest BCUT2D eigenvalue weighted by Crippen LogP contribution is -2.37. The molecule has 5 nitrogen and oxygen atoms in total. The minimum atomic E-state index is 0.609. The summed E-state index contributed by atoms with van der Waals surface area (Å²) in [5, 5.41) is 6.65. The first kappa shape index (κ1) is 18.3. The summed E-state index contributed by atoms with van der Waals surface area (Å²) in [4.78, 5) is 8.78. The third-order valence-corrected chi connectivity index (χ3v) is 3.27. The van der Waals surface area contributed by atoms with Crippen molar-refractivity contribution in [3.05, 3.63) is 23.9 Å². The molecule has 1 heterocycles. The third-order valence-electron chi connectivity index (χ3n) is 3.27. The van der Waals surface area contributed by atoms with E-state index in [9.17, 15) is 0 Å². The lowest BCUT2D eigenvalue weighted by atomic mass is 10.1. The summed E-state index contributed by atoms with van der Waals surface area (Å²) in [5.74, 6) is 2.27. The van der Waals surface area contributed by atoms with Crippen LogP contribution in [0.2, 0.25) is 0 Å². The molecule has 22 heavy (non-hydrogen) atoms. The highest BCUT2D eigenvalue weighted by atomic mass is 16.5. The molecule has 1 aromatic rings. The molecule has 1 rings (SSSR count). The van der Waals surface area contributed by atoms with E-state index in [1.54, 1.807) is 13.3 Å². The molecule has 0 radical (unpaired) electrons. The van der Waals surface area contributed by atoms with Gasteiger partial charge in [0.25, 0.3) is 0 Å². The molecule has 0 spiro atoms. The SMILES string of the molecule is CCNC(=NCc1ccc(OC)nc1)NCCCCC(C)C. The Morgan fingerprint density at radius 2 is 2.09 bits per heavy atom. The van der Waals surface area contributed by atoms with Crippen LogP contribution in [-0.4, -0.2) is 31.1 Å². The molecular weight excluding hydrogens is 276 g/mol. The summed E-state index contributed by atoms with van der Waals surface area (Å²) >= 11 is 0. The van der Waals surface area contributed by atoms with E-state index < -0.39 is 0 Å². The lowest BCUT2D eigenvalue weighted by molar-refractivity contribution is 0.397. The second kappa shape index (κ2) is 10.9. The van der Waals surface area contributed by atoms with Crippen molar-refractivity contribution < 1.29 is 4.74 Å². The third kappa shape index (κ3) is 7.86. The van der Waals surface area contributed by atoms with Gasteiger partial charge in [0.15, 0.2) is 5.96 Å². The summed E-state index contributed by atoms with van der Waals surface area (Å²) in [7, 11) is 1.62. The molecule has 0 unspecified atom stereocenters. The van der Waals surface area contributed by atoms with E-state index >= 15 is 0 Å². The fraction of sp³-hybridized carbons (Fsp3) is 0.647. The summed E-state index contributed by atoms with van der Waals surface area (Å²) in [6, 6.07) is 3.85. The smallest absolute Gasteiger partial charge is 0.212 e. The molecule has 0 atom stereocenters. The largest absolute Gasteiger partial charge is 0.481 e. The van der Waals surface area contributed by atoms with Gasteiger partial charge in [-0.1, -0.05) is 32.8 Å². The molecule has 124 valence electrons. The zero-order chi connectivity index (χ0) is 16.2. The number of aliphatic imine (C=N–C) groups is 1. The maximum absolute atomic E-state index is 5.05. The highest BCUT2D eigenvalue weighted by Crippen LogP contribution is 2.07. The Kier molecular flexibility index (Phi) is 9.03. The molecule has 0 aliphatic heterocycles. The quantitative estimate of drug-likeness (QED) is 0.418. The first-order valence-electron chi connectivity index (χ1n) is 8.16. The number of rotatable bonds is 9. The van der Waals surface area contributed by atoms with Crippen molar-refractivity contribution in [2.75, 3.05) is 20.2 Å². The van der Waals surface area contributed by atoms with Crippen LogP contribution in [0.5, 0.6) is 5.88 Å². The molecule has 1 aromatic heterocycles. The number of methoxy groups -OCH3 is 1. The van der Waals surface area contributed by atoms with Crippen molar-refractivity contribution in [2.24, 2.45) is 10.9 Å². The van der Waals surface area contributed by atoms with Crippen LogP contribution in [0.15, 0.2) is 23.3 Å². The molecule has 0 saturated heterocycles. The van der Waals surface area contributed by atoms with Crippen molar-refractivity contribution in [3.63, 3.8) is 0 Å². The molecule has 0 amide bonds. The number of ether oxygens (including phenoxy) is 1. The summed E-state index contributed by atoms with van der Waals surface area (Å²) in [6.45, 7) is 9.03. The van der Waals surface area contributed by atoms with Gasteiger partial charge >= 0.3 is 0 Å². The molecule has 0 aromatic carbocycles. The van der Waals surface area contributed by atoms with Crippen molar-refractivity contribution in [3.8, 4) is 5.88 Å². The van der Waals surface area contributed by atoms with E-state index in [0.717, 1.165) is 30.5 Å². The number of guanidine groups is 1. The van der Waals surface area contributed by atoms with Crippen LogP contribution in [-0.2, 0) is 6.54 Å². The second-order valence-electron chi connectivity index (χ2n) is 5.72. The molecule has 0 saturated carbocycles. The van der Waals surface area contributed by atoms with Crippen LogP contribution in [0.3, 0.4) is 0 Å². The summed E-state index contributed by atoms with van der Waals surface area (Å²) in [6.07, 6.45) is 5.51. The first-order valence-corrected chi connectivity index (χ1v) is 8.16.